The topological polar surface area (TPSA) is 26.3 Å². The Labute approximate surface area is 158 Å². The van der Waals surface area contributed by atoms with E-state index in [9.17, 15) is 9.18 Å². The maximum atomic E-state index is 13.1. The van der Waals surface area contributed by atoms with Crippen molar-refractivity contribution in [3.05, 3.63) is 88.7 Å². The Bertz CT molecular complexity index is 990. The van der Waals surface area contributed by atoms with Gasteiger partial charge in [0.1, 0.15) is 11.6 Å². The molecule has 0 N–H and O–H groups in total. The zero-order valence-corrected chi connectivity index (χ0v) is 15.3. The lowest BCUT2D eigenvalue weighted by Gasteiger charge is -2.22. The number of rotatable bonds is 3. The summed E-state index contributed by atoms with van der Waals surface area (Å²) in [5.74, 6) is -0.322. The Morgan fingerprint density at radius 1 is 0.926 bits per heavy atom. The number of fused-ring (bicyclic) bond motifs is 1. The lowest BCUT2D eigenvalue weighted by Crippen LogP contribution is -2.10. The highest BCUT2D eigenvalue weighted by atomic mass is 19.1. The minimum Gasteiger partial charge on any atom is -0.422 e. The molecule has 0 unspecified atom stereocenters. The molecule has 0 amide bonds. The fraction of sp³-hybridized carbons (Fsp3) is 0.208. The van der Waals surface area contributed by atoms with Crippen molar-refractivity contribution in [3.8, 4) is 16.9 Å². The standard InChI is InChI=1S/C24H21FO2/c1-16-10-11-17-6-2-3-7-20(17)23(16)21-8-4-5-9-22(21)27-24(26)18-12-14-19(25)15-13-18/h4-5,8-15H,2-3,6-7H2,1H3. The van der Waals surface area contributed by atoms with Gasteiger partial charge in [0.25, 0.3) is 0 Å². The second-order valence-electron chi connectivity index (χ2n) is 6.99. The van der Waals surface area contributed by atoms with Crippen LogP contribution in [0.1, 0.15) is 39.9 Å². The first-order valence-corrected chi connectivity index (χ1v) is 9.32. The first-order valence-electron chi connectivity index (χ1n) is 9.32. The summed E-state index contributed by atoms with van der Waals surface area (Å²) in [6, 6.07) is 17.4. The molecule has 0 aromatic heterocycles. The van der Waals surface area contributed by atoms with E-state index in [1.54, 1.807) is 0 Å². The predicted molar refractivity (Wildman–Crippen MR) is 105 cm³/mol. The normalized spacial score (nSPS) is 13.1. The van der Waals surface area contributed by atoms with Crippen LogP contribution >= 0.6 is 0 Å². The summed E-state index contributed by atoms with van der Waals surface area (Å²) in [5.41, 5.74) is 6.38. The molecular weight excluding hydrogens is 339 g/mol. The van der Waals surface area contributed by atoms with E-state index in [-0.39, 0.29) is 5.82 Å². The maximum absolute atomic E-state index is 13.1. The zero-order valence-electron chi connectivity index (χ0n) is 15.3. The number of carbonyl (C=O) groups excluding carboxylic acids is 1. The van der Waals surface area contributed by atoms with E-state index in [4.69, 9.17) is 4.74 Å². The van der Waals surface area contributed by atoms with E-state index in [0.717, 1.165) is 18.4 Å². The SMILES string of the molecule is Cc1ccc2c(c1-c1ccccc1OC(=O)c1ccc(F)cc1)CCCC2. The summed E-state index contributed by atoms with van der Waals surface area (Å²) in [5, 5.41) is 0. The monoisotopic (exact) mass is 360 g/mol. The first-order chi connectivity index (χ1) is 13.1. The first kappa shape index (κ1) is 17.5. The van der Waals surface area contributed by atoms with Crippen LogP contribution in [0.4, 0.5) is 4.39 Å². The van der Waals surface area contributed by atoms with Gasteiger partial charge in [0.05, 0.1) is 5.56 Å². The summed E-state index contributed by atoms with van der Waals surface area (Å²) in [6.07, 6.45) is 4.55. The number of benzene rings is 3. The van der Waals surface area contributed by atoms with E-state index in [2.05, 4.69) is 19.1 Å². The fourth-order valence-electron chi connectivity index (χ4n) is 3.83. The number of carbonyl (C=O) groups is 1. The number of hydrogen-bond donors (Lipinski definition) is 0. The van der Waals surface area contributed by atoms with Crippen LogP contribution in [0, 0.1) is 12.7 Å². The van der Waals surface area contributed by atoms with E-state index in [1.165, 1.54) is 59.4 Å². The zero-order chi connectivity index (χ0) is 18.8. The molecule has 3 aromatic rings. The average molecular weight is 360 g/mol. The van der Waals surface area contributed by atoms with Crippen LogP contribution in [0.3, 0.4) is 0 Å². The number of halogens is 1. The van der Waals surface area contributed by atoms with E-state index in [0.29, 0.717) is 11.3 Å². The van der Waals surface area contributed by atoms with Crippen molar-refractivity contribution in [1.29, 1.82) is 0 Å². The summed E-state index contributed by atoms with van der Waals surface area (Å²) in [6.45, 7) is 2.10. The van der Waals surface area contributed by atoms with Crippen LogP contribution in [0.15, 0.2) is 60.7 Å². The second kappa shape index (κ2) is 7.36. The van der Waals surface area contributed by atoms with Gasteiger partial charge in [0.2, 0.25) is 0 Å². The lowest BCUT2D eigenvalue weighted by molar-refractivity contribution is 0.0735. The van der Waals surface area contributed by atoms with Gasteiger partial charge in [-0.05, 0) is 85.2 Å². The Kier molecular flexibility index (Phi) is 4.76. The minimum atomic E-state index is -0.482. The molecule has 136 valence electrons. The number of aryl methyl sites for hydroxylation is 2. The molecule has 3 heteroatoms. The summed E-state index contributed by atoms with van der Waals surface area (Å²) >= 11 is 0. The molecule has 1 aliphatic carbocycles. The van der Waals surface area contributed by atoms with Crippen molar-refractivity contribution in [2.45, 2.75) is 32.6 Å². The Balaban J connectivity index is 1.74. The van der Waals surface area contributed by atoms with Crippen molar-refractivity contribution < 1.29 is 13.9 Å². The molecular formula is C24H21FO2. The van der Waals surface area contributed by atoms with Gasteiger partial charge in [0, 0.05) is 5.56 Å². The average Bonchev–Trinajstić information content (AvgIpc) is 2.69. The number of para-hydroxylation sites is 1. The quantitative estimate of drug-likeness (QED) is 0.429. The van der Waals surface area contributed by atoms with Crippen LogP contribution in [0.2, 0.25) is 0 Å². The smallest absolute Gasteiger partial charge is 0.343 e. The van der Waals surface area contributed by atoms with Gasteiger partial charge in [-0.3, -0.25) is 0 Å². The summed E-state index contributed by atoms with van der Waals surface area (Å²) in [7, 11) is 0. The van der Waals surface area contributed by atoms with Gasteiger partial charge in [-0.1, -0.05) is 30.3 Å². The molecule has 0 heterocycles. The third kappa shape index (κ3) is 3.50. The molecule has 0 fully saturated rings. The van der Waals surface area contributed by atoms with Crippen molar-refractivity contribution in [2.75, 3.05) is 0 Å². The highest BCUT2D eigenvalue weighted by Crippen LogP contribution is 2.39. The largest absolute Gasteiger partial charge is 0.422 e. The van der Waals surface area contributed by atoms with Gasteiger partial charge in [-0.15, -0.1) is 0 Å². The lowest BCUT2D eigenvalue weighted by atomic mass is 9.83. The number of ether oxygens (including phenoxy) is 1. The molecule has 0 bridgehead atoms. The molecule has 0 saturated carbocycles. The molecule has 1 aliphatic rings. The van der Waals surface area contributed by atoms with Crippen LogP contribution in [0.5, 0.6) is 5.75 Å². The van der Waals surface area contributed by atoms with E-state index in [1.807, 2.05) is 24.3 Å². The molecule has 0 aliphatic heterocycles. The van der Waals surface area contributed by atoms with Crippen molar-refractivity contribution in [2.24, 2.45) is 0 Å². The van der Waals surface area contributed by atoms with Crippen molar-refractivity contribution in [1.82, 2.24) is 0 Å². The maximum Gasteiger partial charge on any atom is 0.343 e. The predicted octanol–water partition coefficient (Wildman–Crippen LogP) is 5.90. The Morgan fingerprint density at radius 2 is 1.67 bits per heavy atom. The Hall–Kier alpha value is -2.94. The molecule has 0 saturated heterocycles. The molecule has 0 atom stereocenters. The van der Waals surface area contributed by atoms with Gasteiger partial charge in [-0.2, -0.15) is 0 Å². The molecule has 4 rings (SSSR count). The summed E-state index contributed by atoms with van der Waals surface area (Å²) < 4.78 is 18.8. The van der Waals surface area contributed by atoms with Crippen molar-refractivity contribution in [3.63, 3.8) is 0 Å². The number of hydrogen-bond acceptors (Lipinski definition) is 2. The highest BCUT2D eigenvalue weighted by molar-refractivity contribution is 5.92. The van der Waals surface area contributed by atoms with Crippen molar-refractivity contribution >= 4 is 5.97 Å². The third-order valence-electron chi connectivity index (χ3n) is 5.18. The third-order valence-corrected chi connectivity index (χ3v) is 5.18. The highest BCUT2D eigenvalue weighted by Gasteiger charge is 2.20. The fourth-order valence-corrected chi connectivity index (χ4v) is 3.83. The second-order valence-corrected chi connectivity index (χ2v) is 6.99. The van der Waals surface area contributed by atoms with Gasteiger partial charge >= 0.3 is 5.97 Å². The van der Waals surface area contributed by atoms with Crippen LogP contribution < -0.4 is 4.74 Å². The molecule has 0 spiro atoms. The molecule has 3 aromatic carbocycles. The van der Waals surface area contributed by atoms with Crippen LogP contribution in [0.25, 0.3) is 11.1 Å². The van der Waals surface area contributed by atoms with Crippen LogP contribution in [-0.4, -0.2) is 5.97 Å². The van der Waals surface area contributed by atoms with Gasteiger partial charge in [-0.25, -0.2) is 9.18 Å². The van der Waals surface area contributed by atoms with Gasteiger partial charge < -0.3 is 4.74 Å². The molecule has 2 nitrogen and oxygen atoms in total. The molecule has 0 radical (unpaired) electrons. The summed E-state index contributed by atoms with van der Waals surface area (Å²) in [4.78, 5) is 12.5. The Morgan fingerprint density at radius 3 is 2.48 bits per heavy atom. The van der Waals surface area contributed by atoms with E-state index < -0.39 is 5.97 Å². The minimum absolute atomic E-state index is 0.331. The van der Waals surface area contributed by atoms with Crippen LogP contribution in [-0.2, 0) is 12.8 Å². The van der Waals surface area contributed by atoms with Gasteiger partial charge in [0.15, 0.2) is 0 Å². The molecule has 27 heavy (non-hydrogen) atoms. The number of esters is 1. The van der Waals surface area contributed by atoms with E-state index >= 15 is 0 Å².